The quantitative estimate of drug-likeness (QED) is 0.460. The topological polar surface area (TPSA) is 114 Å². The van der Waals surface area contributed by atoms with Crippen LogP contribution in [-0.4, -0.2) is 60.3 Å². The van der Waals surface area contributed by atoms with E-state index in [4.69, 9.17) is 23.7 Å². The zero-order valence-corrected chi connectivity index (χ0v) is 17.9. The predicted octanol–water partition coefficient (Wildman–Crippen LogP) is 1.86. The second-order valence-electron chi connectivity index (χ2n) is 6.50. The van der Waals surface area contributed by atoms with E-state index >= 15 is 0 Å². The Morgan fingerprint density at radius 1 is 0.800 bits per heavy atom. The molecule has 1 aliphatic rings. The fourth-order valence-electron chi connectivity index (χ4n) is 2.92. The summed E-state index contributed by atoms with van der Waals surface area (Å²) in [5.41, 5.74) is -0.826. The van der Waals surface area contributed by atoms with Gasteiger partial charge in [0, 0.05) is 32.6 Å². The Kier molecular flexibility index (Phi) is 8.67. The van der Waals surface area contributed by atoms with E-state index in [-0.39, 0.29) is 6.61 Å². The first-order valence-electron chi connectivity index (χ1n) is 9.19. The molecule has 0 aliphatic carbocycles. The van der Waals surface area contributed by atoms with E-state index in [0.29, 0.717) is 0 Å². The summed E-state index contributed by atoms with van der Waals surface area (Å²) >= 11 is 1.23. The van der Waals surface area contributed by atoms with E-state index < -0.39 is 53.7 Å². The van der Waals surface area contributed by atoms with Crippen LogP contribution in [0.3, 0.4) is 0 Å². The van der Waals surface area contributed by atoms with E-state index in [1.165, 1.54) is 39.5 Å². The highest BCUT2D eigenvalue weighted by Gasteiger charge is 2.52. The summed E-state index contributed by atoms with van der Waals surface area (Å²) in [5.74, 6) is -2.51. The molecule has 0 amide bonds. The largest absolute Gasteiger partial charge is 0.463 e. The van der Waals surface area contributed by atoms with Gasteiger partial charge in [-0.15, -0.1) is 0 Å². The Labute approximate surface area is 178 Å². The third-order valence-corrected chi connectivity index (χ3v) is 5.10. The second-order valence-corrected chi connectivity index (χ2v) is 7.67. The van der Waals surface area contributed by atoms with E-state index in [1.807, 2.05) is 30.3 Å². The van der Waals surface area contributed by atoms with Gasteiger partial charge in [-0.2, -0.15) is 0 Å². The van der Waals surface area contributed by atoms with Gasteiger partial charge in [0.25, 0.3) is 0 Å². The van der Waals surface area contributed by atoms with Crippen LogP contribution in [0.25, 0.3) is 0 Å². The van der Waals surface area contributed by atoms with Crippen molar-refractivity contribution in [1.82, 2.24) is 0 Å². The fraction of sp³-hybridized carbons (Fsp3) is 0.500. The number of carbonyl (C=O) groups is 4. The van der Waals surface area contributed by atoms with Crippen molar-refractivity contribution in [3.63, 3.8) is 0 Å². The van der Waals surface area contributed by atoms with Crippen LogP contribution in [0.4, 0.5) is 0 Å². The summed E-state index contributed by atoms with van der Waals surface area (Å²) in [4.78, 5) is 47.3. The molecule has 9 nitrogen and oxygen atoms in total. The summed E-state index contributed by atoms with van der Waals surface area (Å²) in [5, 5.41) is 0. The molecule has 10 heteroatoms. The molecule has 0 saturated carbocycles. The highest BCUT2D eigenvalue weighted by atomic mass is 32.2. The van der Waals surface area contributed by atoms with Gasteiger partial charge in [-0.25, -0.2) is 0 Å². The van der Waals surface area contributed by atoms with Crippen molar-refractivity contribution in [2.24, 2.45) is 0 Å². The molecule has 164 valence electrons. The molecule has 0 spiro atoms. The van der Waals surface area contributed by atoms with Gasteiger partial charge >= 0.3 is 23.9 Å². The van der Waals surface area contributed by atoms with Gasteiger partial charge in [0.1, 0.15) is 18.1 Å². The van der Waals surface area contributed by atoms with Crippen LogP contribution in [0.5, 0.6) is 0 Å². The molecule has 0 aromatic heterocycles. The lowest BCUT2D eigenvalue weighted by Gasteiger charge is -2.44. The number of ether oxygens (including phenoxy) is 5. The number of thioether (sulfide) groups is 1. The number of hydrogen-bond donors (Lipinski definition) is 0. The molecule has 1 aromatic rings. The molecule has 0 bridgehead atoms. The van der Waals surface area contributed by atoms with Crippen molar-refractivity contribution >= 4 is 35.6 Å². The lowest BCUT2D eigenvalue weighted by molar-refractivity contribution is -0.237. The van der Waals surface area contributed by atoms with Crippen molar-refractivity contribution in [1.29, 1.82) is 0 Å². The summed E-state index contributed by atoms with van der Waals surface area (Å²) in [6.45, 7) is 4.56. The monoisotopic (exact) mass is 440 g/mol. The summed E-state index contributed by atoms with van der Waals surface area (Å²) in [7, 11) is 0. The number of hydrogen-bond acceptors (Lipinski definition) is 10. The van der Waals surface area contributed by atoms with Crippen LogP contribution in [-0.2, 0) is 42.9 Å². The van der Waals surface area contributed by atoms with Crippen LogP contribution in [0, 0.1) is 0 Å². The second kappa shape index (κ2) is 11.0. The molecule has 5 atom stereocenters. The Bertz CT molecular complexity index is 767. The normalized spacial score (nSPS) is 25.7. The third-order valence-electron chi connectivity index (χ3n) is 3.94. The minimum Gasteiger partial charge on any atom is -0.463 e. The van der Waals surface area contributed by atoms with Crippen molar-refractivity contribution in [2.45, 2.75) is 62.4 Å². The van der Waals surface area contributed by atoms with Gasteiger partial charge in [-0.1, -0.05) is 30.0 Å². The maximum absolute atomic E-state index is 11.8. The highest BCUT2D eigenvalue weighted by molar-refractivity contribution is 7.99. The first kappa shape index (κ1) is 23.7. The Hall–Kier alpha value is -2.59. The van der Waals surface area contributed by atoms with Crippen LogP contribution < -0.4 is 0 Å². The maximum Gasteiger partial charge on any atom is 0.303 e. The van der Waals surface area contributed by atoms with Crippen LogP contribution in [0.1, 0.15) is 27.7 Å². The number of benzene rings is 1. The van der Waals surface area contributed by atoms with Crippen molar-refractivity contribution in [3.8, 4) is 0 Å². The van der Waals surface area contributed by atoms with Gasteiger partial charge in [0.15, 0.2) is 18.3 Å². The van der Waals surface area contributed by atoms with E-state index in [0.717, 1.165) is 4.90 Å². The predicted molar refractivity (Wildman–Crippen MR) is 104 cm³/mol. The van der Waals surface area contributed by atoms with Crippen LogP contribution >= 0.6 is 11.8 Å². The molecule has 1 aliphatic heterocycles. The molecule has 0 unspecified atom stereocenters. The van der Waals surface area contributed by atoms with Gasteiger partial charge < -0.3 is 23.7 Å². The number of esters is 4. The fourth-order valence-corrected chi connectivity index (χ4v) is 4.04. The minimum absolute atomic E-state index is 0.246. The zero-order valence-electron chi connectivity index (χ0n) is 17.1. The van der Waals surface area contributed by atoms with Crippen molar-refractivity contribution < 1.29 is 42.9 Å². The van der Waals surface area contributed by atoms with Gasteiger partial charge in [-0.05, 0) is 12.1 Å². The van der Waals surface area contributed by atoms with Gasteiger partial charge in [0.05, 0.1) is 0 Å². The molecule has 1 heterocycles. The third kappa shape index (κ3) is 7.03. The molecule has 1 aromatic carbocycles. The minimum atomic E-state index is -1.16. The average Bonchev–Trinajstić information content (AvgIpc) is 2.64. The van der Waals surface area contributed by atoms with E-state index in [2.05, 4.69) is 0 Å². The number of rotatable bonds is 7. The molecule has 0 N–H and O–H groups in total. The average molecular weight is 440 g/mol. The smallest absolute Gasteiger partial charge is 0.303 e. The molecule has 0 radical (unpaired) electrons. The first-order chi connectivity index (χ1) is 14.2. The summed E-state index contributed by atoms with van der Waals surface area (Å²) < 4.78 is 27.2. The molecular formula is C20H24O9S. The molecular weight excluding hydrogens is 416 g/mol. The molecule has 1 saturated heterocycles. The van der Waals surface area contributed by atoms with E-state index in [1.54, 1.807) is 0 Å². The first-order valence-corrected chi connectivity index (χ1v) is 10.1. The van der Waals surface area contributed by atoms with Crippen molar-refractivity contribution in [3.05, 3.63) is 30.3 Å². The molecule has 1 fully saturated rings. The lowest BCUT2D eigenvalue weighted by Crippen LogP contribution is -2.61. The lowest BCUT2D eigenvalue weighted by atomic mass is 9.99. The van der Waals surface area contributed by atoms with Gasteiger partial charge in [0.2, 0.25) is 0 Å². The van der Waals surface area contributed by atoms with E-state index in [9.17, 15) is 19.2 Å². The van der Waals surface area contributed by atoms with Crippen LogP contribution in [0.15, 0.2) is 35.2 Å². The van der Waals surface area contributed by atoms with Crippen LogP contribution in [0.2, 0.25) is 0 Å². The standard InChI is InChI=1S/C20H24O9S/c1-11(21)25-10-16-17(26-12(2)22)18(27-13(3)23)19(28-14(4)24)20(29-16)30-15-8-6-5-7-9-15/h5-9,16-20H,10H2,1-4H3/t16-,17-,18-,19+,20+/m0/s1. The molecule has 30 heavy (non-hydrogen) atoms. The highest BCUT2D eigenvalue weighted by Crippen LogP contribution is 2.37. The van der Waals surface area contributed by atoms with Gasteiger partial charge in [-0.3, -0.25) is 19.2 Å². The van der Waals surface area contributed by atoms with Crippen molar-refractivity contribution in [2.75, 3.05) is 6.61 Å². The Morgan fingerprint density at radius 3 is 1.87 bits per heavy atom. The SMILES string of the molecule is CC(=O)OC[C@@H]1O[C@H](Sc2ccccc2)[C@H](OC(C)=O)[C@@H](OC(C)=O)[C@H]1OC(C)=O. The molecule has 2 rings (SSSR count). The number of carbonyl (C=O) groups excluding carboxylic acids is 4. The summed E-state index contributed by atoms with van der Waals surface area (Å²) in [6, 6.07) is 9.16. The Morgan fingerprint density at radius 2 is 1.33 bits per heavy atom. The maximum atomic E-state index is 11.8. The zero-order chi connectivity index (χ0) is 22.3. The Balaban J connectivity index is 2.42. The summed E-state index contributed by atoms with van der Waals surface area (Å²) in [6.07, 6.45) is -4.33.